The monoisotopic (exact) mass is 333 g/mol. The number of aldehydes is 1. The van der Waals surface area contributed by atoms with E-state index in [1.165, 1.54) is 14.2 Å². The molecule has 6 heteroatoms. The Bertz CT molecular complexity index is 698. The Morgan fingerprint density at radius 3 is 2.17 bits per heavy atom. The topological polar surface area (TPSA) is 74.2 Å². The van der Waals surface area contributed by atoms with Crippen LogP contribution in [0.2, 0.25) is 0 Å². The molecule has 0 saturated carbocycles. The van der Waals surface area contributed by atoms with E-state index in [1.807, 2.05) is 0 Å². The summed E-state index contributed by atoms with van der Waals surface area (Å²) in [6.45, 7) is 0.0201. The third kappa shape index (κ3) is 3.97. The highest BCUT2D eigenvalue weighted by atomic mass is 17.2. The molecule has 0 spiro atoms. The van der Waals surface area contributed by atoms with Crippen LogP contribution in [0.5, 0.6) is 23.0 Å². The minimum absolute atomic E-state index is 0.0201. The summed E-state index contributed by atoms with van der Waals surface area (Å²) < 4.78 is 21.2. The van der Waals surface area contributed by atoms with Crippen LogP contribution in [0.3, 0.4) is 0 Å². The molecule has 0 aliphatic heterocycles. The Morgan fingerprint density at radius 2 is 1.54 bits per heavy atom. The van der Waals surface area contributed by atoms with Crippen molar-refractivity contribution in [1.29, 1.82) is 0 Å². The third-order valence-electron chi connectivity index (χ3n) is 3.51. The van der Waals surface area contributed by atoms with Gasteiger partial charge in [0, 0.05) is 5.56 Å². The molecular formula is C18H20O6. The predicted molar refractivity (Wildman–Crippen MR) is 88.4 cm³/mol. The van der Waals surface area contributed by atoms with Gasteiger partial charge in [-0.15, -0.1) is 0 Å². The van der Waals surface area contributed by atoms with Crippen LogP contribution in [-0.4, -0.2) is 39.3 Å². The lowest BCUT2D eigenvalue weighted by Crippen LogP contribution is -2.10. The van der Waals surface area contributed by atoms with Crippen molar-refractivity contribution >= 4 is 6.29 Å². The van der Waals surface area contributed by atoms with Gasteiger partial charge in [0.25, 0.3) is 0 Å². The second-order valence-corrected chi connectivity index (χ2v) is 4.97. The molecule has 0 fully saturated rings. The van der Waals surface area contributed by atoms with Crippen LogP contribution in [0.25, 0.3) is 0 Å². The van der Waals surface area contributed by atoms with E-state index in [-0.39, 0.29) is 6.61 Å². The summed E-state index contributed by atoms with van der Waals surface area (Å²) >= 11 is 0. The van der Waals surface area contributed by atoms with Crippen LogP contribution < -0.4 is 18.9 Å². The number of benzene rings is 2. The maximum absolute atomic E-state index is 10.8. The van der Waals surface area contributed by atoms with Gasteiger partial charge in [-0.3, -0.25) is 4.79 Å². The molecule has 0 bridgehead atoms. The number of hydrogen-bond acceptors (Lipinski definition) is 6. The lowest BCUT2D eigenvalue weighted by atomic mass is 10.1. The summed E-state index contributed by atoms with van der Waals surface area (Å²) in [7, 11) is 4.57. The highest BCUT2D eigenvalue weighted by Crippen LogP contribution is 2.31. The highest BCUT2D eigenvalue weighted by molar-refractivity contribution is 5.76. The van der Waals surface area contributed by atoms with Gasteiger partial charge in [-0.05, 0) is 35.9 Å². The van der Waals surface area contributed by atoms with Gasteiger partial charge in [0.2, 0.25) is 0 Å². The van der Waals surface area contributed by atoms with E-state index >= 15 is 0 Å². The standard InChI is InChI=1S/C18H20O6/c1-21-15-7-5-13(9-18(15)23-3)14(20)11-24-16-6-4-12(10-19)8-17(16)22-2/h4-10,14,20H,11H2,1-3H3/i20+1. The van der Waals surface area contributed by atoms with Crippen LogP contribution in [0.15, 0.2) is 36.4 Å². The van der Waals surface area contributed by atoms with Crippen LogP contribution in [0, 0.1) is 0 Å². The molecule has 6 nitrogen and oxygen atoms in total. The molecule has 0 radical (unpaired) electrons. The fourth-order valence-electron chi connectivity index (χ4n) is 2.20. The van der Waals surface area contributed by atoms with Crippen molar-refractivity contribution in [3.63, 3.8) is 0 Å². The molecule has 2 rings (SSSR count). The second kappa shape index (κ2) is 8.21. The van der Waals surface area contributed by atoms with Gasteiger partial charge in [0.15, 0.2) is 23.0 Å². The summed E-state index contributed by atoms with van der Waals surface area (Å²) in [5.41, 5.74) is 1.12. The van der Waals surface area contributed by atoms with Crippen LogP contribution in [-0.2, 0) is 0 Å². The Hall–Kier alpha value is -2.73. The van der Waals surface area contributed by atoms with E-state index in [9.17, 15) is 9.90 Å². The zero-order chi connectivity index (χ0) is 17.5. The molecule has 1 N–H and O–H groups in total. The lowest BCUT2D eigenvalue weighted by molar-refractivity contribution is 0.106. The van der Waals surface area contributed by atoms with Gasteiger partial charge < -0.3 is 24.1 Å². The minimum Gasteiger partial charge on any atom is -0.493 e. The first-order valence-electron chi connectivity index (χ1n) is 7.29. The lowest BCUT2D eigenvalue weighted by Gasteiger charge is -2.16. The SMILES string of the molecule is COc1ccc(C([17OH])COc2ccc(C=O)cc2OC)cc1OC. The quantitative estimate of drug-likeness (QED) is 0.749. The molecule has 128 valence electrons. The molecule has 24 heavy (non-hydrogen) atoms. The summed E-state index contributed by atoms with van der Waals surface area (Å²) in [5.74, 6) is 1.99. The molecule has 2 aromatic carbocycles. The molecule has 0 heterocycles. The first kappa shape index (κ1) is 17.6. The molecule has 1 atom stereocenters. The number of carbonyl (C=O) groups excluding carboxylic acids is 1. The van der Waals surface area contributed by atoms with Crippen molar-refractivity contribution < 1.29 is 28.8 Å². The molecule has 0 aromatic heterocycles. The van der Waals surface area contributed by atoms with Crippen LogP contribution in [0.4, 0.5) is 0 Å². The largest absolute Gasteiger partial charge is 0.493 e. The molecule has 0 aliphatic carbocycles. The molecule has 0 amide bonds. The average molecular weight is 333 g/mol. The first-order chi connectivity index (χ1) is 11.6. The van der Waals surface area contributed by atoms with Crippen molar-refractivity contribution in [2.45, 2.75) is 6.10 Å². The third-order valence-corrected chi connectivity index (χ3v) is 3.51. The summed E-state index contributed by atoms with van der Waals surface area (Å²) in [5, 5.41) is 10.3. The second-order valence-electron chi connectivity index (χ2n) is 4.97. The molecule has 1 unspecified atom stereocenters. The van der Waals surface area contributed by atoms with E-state index in [0.717, 1.165) is 6.29 Å². The number of hydrogen-bond donors (Lipinski definition) is 1. The normalized spacial score (nSPS) is 11.5. The Kier molecular flexibility index (Phi) is 6.03. The number of rotatable bonds is 8. The number of aliphatic hydroxyl groups excluding tert-OH is 1. The maximum Gasteiger partial charge on any atom is 0.161 e. The zero-order valence-electron chi connectivity index (χ0n) is 13.8. The van der Waals surface area contributed by atoms with Gasteiger partial charge in [-0.25, -0.2) is 0 Å². The minimum atomic E-state index is -0.861. The van der Waals surface area contributed by atoms with Crippen LogP contribution >= 0.6 is 0 Å². The highest BCUT2D eigenvalue weighted by Gasteiger charge is 2.14. The Labute approximate surface area is 140 Å². The molecular weight excluding hydrogens is 313 g/mol. The number of carbonyl (C=O) groups is 1. The van der Waals surface area contributed by atoms with Crippen molar-refractivity contribution in [1.82, 2.24) is 0 Å². The van der Waals surface area contributed by atoms with Crippen molar-refractivity contribution in [3.05, 3.63) is 47.5 Å². The maximum atomic E-state index is 10.8. The fraction of sp³-hybridized carbons (Fsp3) is 0.278. The smallest absolute Gasteiger partial charge is 0.161 e. The van der Waals surface area contributed by atoms with E-state index < -0.39 is 6.10 Å². The van der Waals surface area contributed by atoms with Gasteiger partial charge in [0.1, 0.15) is 19.0 Å². The van der Waals surface area contributed by atoms with Gasteiger partial charge >= 0.3 is 0 Å². The number of aliphatic hydroxyl groups is 1. The van der Waals surface area contributed by atoms with Crippen molar-refractivity contribution in [2.24, 2.45) is 0 Å². The Balaban J connectivity index is 2.10. The van der Waals surface area contributed by atoms with E-state index in [4.69, 9.17) is 18.9 Å². The van der Waals surface area contributed by atoms with E-state index in [1.54, 1.807) is 43.5 Å². The molecule has 0 aliphatic rings. The molecule has 2 aromatic rings. The van der Waals surface area contributed by atoms with Crippen LogP contribution in [0.1, 0.15) is 22.0 Å². The Morgan fingerprint density at radius 1 is 0.917 bits per heavy atom. The number of ether oxygens (including phenoxy) is 4. The van der Waals surface area contributed by atoms with Gasteiger partial charge in [0.05, 0.1) is 21.3 Å². The fourth-order valence-corrected chi connectivity index (χ4v) is 2.20. The molecule has 0 saturated heterocycles. The number of methoxy groups -OCH3 is 3. The van der Waals surface area contributed by atoms with Crippen molar-refractivity contribution in [3.8, 4) is 23.0 Å². The van der Waals surface area contributed by atoms with Crippen molar-refractivity contribution in [2.75, 3.05) is 27.9 Å². The summed E-state index contributed by atoms with van der Waals surface area (Å²) in [6.07, 6.45) is -0.134. The summed E-state index contributed by atoms with van der Waals surface area (Å²) in [6, 6.07) is 9.97. The van der Waals surface area contributed by atoms with E-state index in [0.29, 0.717) is 34.1 Å². The van der Waals surface area contributed by atoms with E-state index in [2.05, 4.69) is 0 Å². The predicted octanol–water partition coefficient (Wildman–Crippen LogP) is 2.64. The van der Waals surface area contributed by atoms with Gasteiger partial charge in [-0.2, -0.15) is 0 Å². The average Bonchev–Trinajstić information content (AvgIpc) is 2.65. The van der Waals surface area contributed by atoms with Gasteiger partial charge in [-0.1, -0.05) is 6.07 Å². The zero-order valence-corrected chi connectivity index (χ0v) is 13.8. The summed E-state index contributed by atoms with van der Waals surface area (Å²) in [4.78, 5) is 10.8. The first-order valence-corrected chi connectivity index (χ1v) is 7.29.